The van der Waals surface area contributed by atoms with Crippen LogP contribution in [0.15, 0.2) is 29.2 Å². The van der Waals surface area contributed by atoms with Crippen LogP contribution in [0, 0.1) is 0 Å². The average molecular weight is 338 g/mol. The Morgan fingerprint density at radius 3 is 2.65 bits per heavy atom. The lowest BCUT2D eigenvalue weighted by atomic mass is 10.1. The van der Waals surface area contributed by atoms with Gasteiger partial charge in [-0.05, 0) is 49.9 Å². The third kappa shape index (κ3) is 5.62. The van der Waals surface area contributed by atoms with E-state index in [9.17, 15) is 9.00 Å². The molecule has 2 atom stereocenters. The zero-order valence-corrected chi connectivity index (χ0v) is 14.7. The number of amides is 2. The fourth-order valence-electron chi connectivity index (χ4n) is 2.68. The second-order valence-electron chi connectivity index (χ2n) is 5.84. The van der Waals surface area contributed by atoms with Crippen LogP contribution >= 0.6 is 0 Å². The van der Waals surface area contributed by atoms with Gasteiger partial charge in [-0.3, -0.25) is 4.21 Å². The molecule has 2 amide bonds. The van der Waals surface area contributed by atoms with Gasteiger partial charge in [-0.2, -0.15) is 0 Å². The highest BCUT2D eigenvalue weighted by Gasteiger charge is 2.21. The Morgan fingerprint density at radius 2 is 2.09 bits per heavy atom. The molecule has 2 unspecified atom stereocenters. The summed E-state index contributed by atoms with van der Waals surface area (Å²) in [7, 11) is -1.01. The largest absolute Gasteiger partial charge is 0.376 e. The summed E-state index contributed by atoms with van der Waals surface area (Å²) < 4.78 is 17.1. The molecule has 0 saturated carbocycles. The number of rotatable bonds is 6. The number of anilines is 1. The third-order valence-electron chi connectivity index (χ3n) is 3.92. The average Bonchev–Trinajstić information content (AvgIpc) is 2.56. The van der Waals surface area contributed by atoms with Gasteiger partial charge in [0.15, 0.2) is 0 Å². The van der Waals surface area contributed by atoms with Crippen LogP contribution < -0.4 is 5.32 Å². The van der Waals surface area contributed by atoms with Gasteiger partial charge >= 0.3 is 6.03 Å². The molecule has 0 spiro atoms. The minimum atomic E-state index is -1.01. The van der Waals surface area contributed by atoms with E-state index in [-0.39, 0.29) is 12.1 Å². The lowest BCUT2D eigenvalue weighted by molar-refractivity contribution is 0.00162. The van der Waals surface area contributed by atoms with Crippen molar-refractivity contribution < 1.29 is 13.7 Å². The Labute approximate surface area is 140 Å². The first kappa shape index (κ1) is 17.9. The lowest BCUT2D eigenvalue weighted by Crippen LogP contribution is -2.42. The predicted molar refractivity (Wildman–Crippen MR) is 93.2 cm³/mol. The van der Waals surface area contributed by atoms with Crippen molar-refractivity contribution in [3.8, 4) is 0 Å². The van der Waals surface area contributed by atoms with Crippen LogP contribution in [0.4, 0.5) is 10.5 Å². The molecule has 128 valence electrons. The minimum absolute atomic E-state index is 0.105. The molecule has 1 aliphatic rings. The number of ether oxygens (including phenoxy) is 1. The third-order valence-corrected chi connectivity index (χ3v) is 4.85. The Hall–Kier alpha value is -1.40. The summed E-state index contributed by atoms with van der Waals surface area (Å²) in [6.07, 6.45) is 5.99. The van der Waals surface area contributed by atoms with Crippen LogP contribution in [-0.2, 0) is 15.5 Å². The predicted octanol–water partition coefficient (Wildman–Crippen LogP) is 3.24. The maximum Gasteiger partial charge on any atom is 0.321 e. The van der Waals surface area contributed by atoms with E-state index in [1.54, 1.807) is 30.5 Å². The second kappa shape index (κ2) is 9.03. The van der Waals surface area contributed by atoms with Crippen molar-refractivity contribution in [2.75, 3.05) is 31.3 Å². The summed E-state index contributed by atoms with van der Waals surface area (Å²) in [6.45, 7) is 4.20. The van der Waals surface area contributed by atoms with Crippen LogP contribution in [-0.4, -0.2) is 47.2 Å². The molecule has 1 aromatic carbocycles. The number of urea groups is 1. The van der Waals surface area contributed by atoms with Crippen molar-refractivity contribution in [1.29, 1.82) is 0 Å². The van der Waals surface area contributed by atoms with Crippen molar-refractivity contribution in [1.82, 2.24) is 4.90 Å². The molecule has 0 bridgehead atoms. The van der Waals surface area contributed by atoms with E-state index in [2.05, 4.69) is 12.2 Å². The monoisotopic (exact) mass is 338 g/mol. The maximum absolute atomic E-state index is 12.5. The number of hydrogen-bond donors (Lipinski definition) is 1. The van der Waals surface area contributed by atoms with Gasteiger partial charge in [0.1, 0.15) is 0 Å². The molecule has 0 radical (unpaired) electrons. The van der Waals surface area contributed by atoms with Crippen molar-refractivity contribution in [3.05, 3.63) is 24.3 Å². The smallest absolute Gasteiger partial charge is 0.321 e. The van der Waals surface area contributed by atoms with Gasteiger partial charge in [-0.25, -0.2) is 4.79 Å². The summed E-state index contributed by atoms with van der Waals surface area (Å²) in [5.41, 5.74) is 0.717. The van der Waals surface area contributed by atoms with Crippen molar-refractivity contribution in [2.45, 2.75) is 43.6 Å². The van der Waals surface area contributed by atoms with E-state index < -0.39 is 10.8 Å². The summed E-state index contributed by atoms with van der Waals surface area (Å²) >= 11 is 0. The number of nitrogens with one attached hydrogen (secondary N) is 1. The van der Waals surface area contributed by atoms with Crippen LogP contribution in [0.1, 0.15) is 32.6 Å². The summed E-state index contributed by atoms with van der Waals surface area (Å²) in [5, 5.41) is 2.92. The van der Waals surface area contributed by atoms with Crippen molar-refractivity contribution in [3.63, 3.8) is 0 Å². The van der Waals surface area contributed by atoms with Gasteiger partial charge in [-0.1, -0.05) is 6.92 Å². The second-order valence-corrected chi connectivity index (χ2v) is 7.22. The van der Waals surface area contributed by atoms with Gasteiger partial charge in [0.05, 0.1) is 6.10 Å². The Morgan fingerprint density at radius 1 is 1.35 bits per heavy atom. The molecule has 0 aromatic heterocycles. The standard InChI is InChI=1S/C17H26N2O3S/c1-3-11-19(13-15-6-4-5-12-22-15)17(20)18-14-7-9-16(10-8-14)23(2)21/h7-10,15H,3-6,11-13H2,1-2H3,(H,18,20). The number of carbonyl (C=O) groups is 1. The van der Waals surface area contributed by atoms with Gasteiger partial charge in [0.2, 0.25) is 0 Å². The van der Waals surface area contributed by atoms with Crippen LogP contribution in [0.5, 0.6) is 0 Å². The highest BCUT2D eigenvalue weighted by Crippen LogP contribution is 2.16. The fourth-order valence-corrected chi connectivity index (χ4v) is 3.19. The van der Waals surface area contributed by atoms with Gasteiger partial charge in [0, 0.05) is 47.3 Å². The number of nitrogens with zero attached hydrogens (tertiary/aromatic N) is 1. The van der Waals surface area contributed by atoms with Crippen molar-refractivity contribution in [2.24, 2.45) is 0 Å². The topological polar surface area (TPSA) is 58.6 Å². The SMILES string of the molecule is CCCN(CC1CCCCO1)C(=O)Nc1ccc(S(C)=O)cc1. The Bertz CT molecular complexity index is 527. The molecule has 1 saturated heterocycles. The quantitative estimate of drug-likeness (QED) is 0.866. The number of benzene rings is 1. The molecule has 1 N–H and O–H groups in total. The molecule has 0 aliphatic carbocycles. The first-order valence-corrected chi connectivity index (χ1v) is 9.77. The fraction of sp³-hybridized carbons (Fsp3) is 0.588. The van der Waals surface area contributed by atoms with Gasteiger partial charge in [-0.15, -0.1) is 0 Å². The zero-order valence-electron chi connectivity index (χ0n) is 13.9. The van der Waals surface area contributed by atoms with E-state index >= 15 is 0 Å². The molecular weight excluding hydrogens is 312 g/mol. The van der Waals surface area contributed by atoms with E-state index in [0.717, 1.165) is 36.5 Å². The van der Waals surface area contributed by atoms with E-state index in [4.69, 9.17) is 4.74 Å². The Balaban J connectivity index is 1.95. The normalized spacial score (nSPS) is 19.1. The van der Waals surface area contributed by atoms with Crippen LogP contribution in [0.3, 0.4) is 0 Å². The minimum Gasteiger partial charge on any atom is -0.376 e. The molecule has 1 aromatic rings. The van der Waals surface area contributed by atoms with Gasteiger partial charge in [0.25, 0.3) is 0 Å². The van der Waals surface area contributed by atoms with Crippen molar-refractivity contribution >= 4 is 22.5 Å². The number of hydrogen-bond acceptors (Lipinski definition) is 3. The lowest BCUT2D eigenvalue weighted by Gasteiger charge is -2.30. The highest BCUT2D eigenvalue weighted by atomic mass is 32.2. The molecule has 23 heavy (non-hydrogen) atoms. The van der Waals surface area contributed by atoms with E-state index in [1.807, 2.05) is 4.90 Å². The summed E-state index contributed by atoms with van der Waals surface area (Å²) in [4.78, 5) is 15.1. The maximum atomic E-state index is 12.5. The van der Waals surface area contributed by atoms with Crippen LogP contribution in [0.25, 0.3) is 0 Å². The number of carbonyl (C=O) groups excluding carboxylic acids is 1. The Kier molecular flexibility index (Phi) is 7.05. The molecule has 1 heterocycles. The molecule has 1 fully saturated rings. The molecule has 2 rings (SSSR count). The molecule has 6 heteroatoms. The molecular formula is C17H26N2O3S. The first-order chi connectivity index (χ1) is 11.1. The highest BCUT2D eigenvalue weighted by molar-refractivity contribution is 7.84. The first-order valence-electron chi connectivity index (χ1n) is 8.21. The summed E-state index contributed by atoms with van der Waals surface area (Å²) in [6, 6.07) is 7.03. The van der Waals surface area contributed by atoms with Gasteiger partial charge < -0.3 is 15.0 Å². The molecule has 5 nitrogen and oxygen atoms in total. The van der Waals surface area contributed by atoms with E-state index in [0.29, 0.717) is 13.1 Å². The summed E-state index contributed by atoms with van der Waals surface area (Å²) in [5.74, 6) is 0. The van der Waals surface area contributed by atoms with Crippen LogP contribution in [0.2, 0.25) is 0 Å². The molecule has 1 aliphatic heterocycles. The zero-order chi connectivity index (χ0) is 16.7. The van der Waals surface area contributed by atoms with E-state index in [1.165, 1.54) is 6.42 Å².